The molecule has 1 rings (SSSR count). The zero-order valence-electron chi connectivity index (χ0n) is 9.89. The molecule has 0 amide bonds. The van der Waals surface area contributed by atoms with Gasteiger partial charge in [0.15, 0.2) is 0 Å². The number of halogens is 2. The van der Waals surface area contributed by atoms with Gasteiger partial charge in [-0.25, -0.2) is 0 Å². The van der Waals surface area contributed by atoms with Gasteiger partial charge in [0.2, 0.25) is 0 Å². The zero-order chi connectivity index (χ0) is 12.0. The first-order valence-electron chi connectivity index (χ1n) is 5.75. The van der Waals surface area contributed by atoms with E-state index >= 15 is 0 Å². The standard InChI is InChI=1S/C11H19Br2N3/c1-3-9-11(13)10(16(4-2)15-9)8-14-7-5-6-12/h14H,3-8H2,1-2H3. The van der Waals surface area contributed by atoms with E-state index in [1.165, 1.54) is 10.2 Å². The van der Waals surface area contributed by atoms with Crippen LogP contribution in [0.15, 0.2) is 4.47 Å². The molecule has 1 aromatic rings. The van der Waals surface area contributed by atoms with Crippen molar-refractivity contribution in [2.45, 2.75) is 39.8 Å². The Morgan fingerprint density at radius 1 is 1.38 bits per heavy atom. The van der Waals surface area contributed by atoms with Crippen molar-refractivity contribution in [1.82, 2.24) is 15.1 Å². The van der Waals surface area contributed by atoms with Gasteiger partial charge in [-0.05, 0) is 42.2 Å². The van der Waals surface area contributed by atoms with Crippen LogP contribution < -0.4 is 5.32 Å². The molecule has 1 heterocycles. The van der Waals surface area contributed by atoms with Crippen LogP contribution in [-0.4, -0.2) is 21.7 Å². The highest BCUT2D eigenvalue weighted by Gasteiger charge is 2.12. The van der Waals surface area contributed by atoms with Crippen molar-refractivity contribution >= 4 is 31.9 Å². The van der Waals surface area contributed by atoms with E-state index in [0.29, 0.717) is 0 Å². The molecule has 0 unspecified atom stereocenters. The molecule has 0 radical (unpaired) electrons. The summed E-state index contributed by atoms with van der Waals surface area (Å²) in [7, 11) is 0. The summed E-state index contributed by atoms with van der Waals surface area (Å²) in [4.78, 5) is 0. The zero-order valence-corrected chi connectivity index (χ0v) is 13.1. The number of aryl methyl sites for hydroxylation is 2. The van der Waals surface area contributed by atoms with Crippen LogP contribution in [0.4, 0.5) is 0 Å². The Morgan fingerprint density at radius 3 is 2.69 bits per heavy atom. The van der Waals surface area contributed by atoms with E-state index in [4.69, 9.17) is 0 Å². The number of rotatable bonds is 7. The molecule has 16 heavy (non-hydrogen) atoms. The normalized spacial score (nSPS) is 11.0. The maximum absolute atomic E-state index is 4.57. The molecule has 0 atom stereocenters. The van der Waals surface area contributed by atoms with E-state index < -0.39 is 0 Å². The van der Waals surface area contributed by atoms with Gasteiger partial charge in [-0.2, -0.15) is 5.10 Å². The minimum Gasteiger partial charge on any atom is -0.311 e. The quantitative estimate of drug-likeness (QED) is 0.603. The van der Waals surface area contributed by atoms with Gasteiger partial charge in [0.1, 0.15) is 0 Å². The third-order valence-corrected chi connectivity index (χ3v) is 3.95. The van der Waals surface area contributed by atoms with Crippen LogP contribution >= 0.6 is 31.9 Å². The molecular weight excluding hydrogens is 334 g/mol. The lowest BCUT2D eigenvalue weighted by molar-refractivity contribution is 0.576. The molecule has 0 fully saturated rings. The third kappa shape index (κ3) is 3.57. The molecule has 0 aliphatic rings. The fourth-order valence-electron chi connectivity index (χ4n) is 1.58. The molecule has 0 saturated carbocycles. The van der Waals surface area contributed by atoms with Crippen molar-refractivity contribution in [3.05, 3.63) is 15.9 Å². The molecule has 0 bridgehead atoms. The van der Waals surface area contributed by atoms with Crippen molar-refractivity contribution < 1.29 is 0 Å². The lowest BCUT2D eigenvalue weighted by atomic mass is 10.3. The van der Waals surface area contributed by atoms with Gasteiger partial charge in [0.05, 0.1) is 15.9 Å². The Kier molecular flexibility index (Phi) is 6.61. The highest BCUT2D eigenvalue weighted by atomic mass is 79.9. The molecule has 92 valence electrons. The van der Waals surface area contributed by atoms with Crippen LogP contribution in [0, 0.1) is 0 Å². The topological polar surface area (TPSA) is 29.9 Å². The smallest absolute Gasteiger partial charge is 0.0767 e. The summed E-state index contributed by atoms with van der Waals surface area (Å²) in [5, 5.41) is 9.05. The second-order valence-electron chi connectivity index (χ2n) is 3.60. The first kappa shape index (κ1) is 14.2. The van der Waals surface area contributed by atoms with Crippen molar-refractivity contribution in [2.24, 2.45) is 0 Å². The Hall–Kier alpha value is 0.130. The van der Waals surface area contributed by atoms with Gasteiger partial charge in [0, 0.05) is 18.4 Å². The fraction of sp³-hybridized carbons (Fsp3) is 0.727. The van der Waals surface area contributed by atoms with E-state index in [1.54, 1.807) is 0 Å². The maximum Gasteiger partial charge on any atom is 0.0767 e. The van der Waals surface area contributed by atoms with Gasteiger partial charge in [-0.3, -0.25) is 4.68 Å². The summed E-state index contributed by atoms with van der Waals surface area (Å²) in [6, 6.07) is 0. The number of alkyl halides is 1. The first-order chi connectivity index (χ1) is 7.74. The Balaban J connectivity index is 2.65. The molecule has 0 aromatic carbocycles. The molecule has 1 aromatic heterocycles. The summed E-state index contributed by atoms with van der Waals surface area (Å²) >= 11 is 7.07. The number of aromatic nitrogens is 2. The van der Waals surface area contributed by atoms with Crippen molar-refractivity contribution in [1.29, 1.82) is 0 Å². The molecule has 1 N–H and O–H groups in total. The van der Waals surface area contributed by atoms with Gasteiger partial charge in [-0.1, -0.05) is 22.9 Å². The summed E-state index contributed by atoms with van der Waals surface area (Å²) in [6.45, 7) is 7.10. The Morgan fingerprint density at radius 2 is 2.12 bits per heavy atom. The van der Waals surface area contributed by atoms with Crippen LogP contribution in [0.25, 0.3) is 0 Å². The molecule has 3 nitrogen and oxygen atoms in total. The van der Waals surface area contributed by atoms with E-state index in [0.717, 1.165) is 43.5 Å². The van der Waals surface area contributed by atoms with Crippen LogP contribution in [0.2, 0.25) is 0 Å². The monoisotopic (exact) mass is 351 g/mol. The molecule has 0 aliphatic heterocycles. The second-order valence-corrected chi connectivity index (χ2v) is 5.18. The van der Waals surface area contributed by atoms with E-state index in [1.807, 2.05) is 0 Å². The van der Waals surface area contributed by atoms with E-state index in [2.05, 4.69) is 60.8 Å². The predicted molar refractivity (Wildman–Crippen MR) is 75.1 cm³/mol. The minimum atomic E-state index is 0.883. The largest absolute Gasteiger partial charge is 0.311 e. The molecule has 0 spiro atoms. The minimum absolute atomic E-state index is 0.883. The molecule has 5 heteroatoms. The first-order valence-corrected chi connectivity index (χ1v) is 7.66. The van der Waals surface area contributed by atoms with Crippen LogP contribution in [0.5, 0.6) is 0 Å². The molecule has 0 saturated heterocycles. The van der Waals surface area contributed by atoms with Crippen LogP contribution in [0.3, 0.4) is 0 Å². The van der Waals surface area contributed by atoms with Gasteiger partial charge in [-0.15, -0.1) is 0 Å². The van der Waals surface area contributed by atoms with Crippen LogP contribution in [0.1, 0.15) is 31.7 Å². The number of nitrogens with zero attached hydrogens (tertiary/aromatic N) is 2. The number of hydrogen-bond donors (Lipinski definition) is 1. The van der Waals surface area contributed by atoms with Gasteiger partial charge < -0.3 is 5.32 Å². The summed E-state index contributed by atoms with van der Waals surface area (Å²) < 4.78 is 3.24. The van der Waals surface area contributed by atoms with E-state index in [9.17, 15) is 0 Å². The lowest BCUT2D eigenvalue weighted by Gasteiger charge is -2.06. The predicted octanol–water partition coefficient (Wildman–Crippen LogP) is 3.10. The van der Waals surface area contributed by atoms with Gasteiger partial charge in [0.25, 0.3) is 0 Å². The summed E-state index contributed by atoms with van der Waals surface area (Å²) in [6.07, 6.45) is 2.13. The molecular formula is C11H19Br2N3. The highest BCUT2D eigenvalue weighted by molar-refractivity contribution is 9.10. The van der Waals surface area contributed by atoms with Crippen molar-refractivity contribution in [3.63, 3.8) is 0 Å². The lowest BCUT2D eigenvalue weighted by Crippen LogP contribution is -2.18. The Bertz CT molecular complexity index is 323. The summed E-state index contributed by atoms with van der Waals surface area (Å²) in [5.41, 5.74) is 2.41. The number of hydrogen-bond acceptors (Lipinski definition) is 2. The van der Waals surface area contributed by atoms with Gasteiger partial charge >= 0.3 is 0 Å². The fourth-order valence-corrected chi connectivity index (χ4v) is 2.57. The van der Waals surface area contributed by atoms with E-state index in [-0.39, 0.29) is 0 Å². The average molecular weight is 353 g/mol. The summed E-state index contributed by atoms with van der Waals surface area (Å²) in [5.74, 6) is 0. The maximum atomic E-state index is 4.57. The SMILES string of the molecule is CCc1nn(CC)c(CNCCCBr)c1Br. The third-order valence-electron chi connectivity index (χ3n) is 2.47. The van der Waals surface area contributed by atoms with Crippen molar-refractivity contribution in [2.75, 3.05) is 11.9 Å². The molecule has 0 aliphatic carbocycles. The van der Waals surface area contributed by atoms with Crippen LogP contribution in [-0.2, 0) is 19.5 Å². The second kappa shape index (κ2) is 7.45. The van der Waals surface area contributed by atoms with Crippen molar-refractivity contribution in [3.8, 4) is 0 Å². The Labute approximate surface area is 114 Å². The number of nitrogens with one attached hydrogen (secondary N) is 1. The average Bonchev–Trinajstić information content (AvgIpc) is 2.61. The highest BCUT2D eigenvalue weighted by Crippen LogP contribution is 2.22.